The van der Waals surface area contributed by atoms with E-state index in [-0.39, 0.29) is 5.91 Å². The minimum Gasteiger partial charge on any atom is -0.333 e. The predicted octanol–water partition coefficient (Wildman–Crippen LogP) is 0.971. The average Bonchev–Trinajstić information content (AvgIpc) is 3.14. The minimum atomic E-state index is -0.448. The first-order valence-corrected chi connectivity index (χ1v) is 7.53. The Hall–Kier alpha value is -1.87. The number of fused-ring (bicyclic) bond motifs is 1. The molecule has 1 saturated heterocycles. The van der Waals surface area contributed by atoms with Crippen molar-refractivity contribution in [2.75, 3.05) is 19.6 Å². The van der Waals surface area contributed by atoms with Gasteiger partial charge in [0.2, 0.25) is 5.91 Å². The van der Waals surface area contributed by atoms with Gasteiger partial charge in [-0.15, -0.1) is 0 Å². The normalized spacial score (nSPS) is 19.4. The Morgan fingerprint density at radius 1 is 1.29 bits per heavy atom. The molecular weight excluding hydrogens is 266 g/mol. The molecule has 0 saturated carbocycles. The molecule has 3 heterocycles. The topological polar surface area (TPSA) is 65.2 Å². The van der Waals surface area contributed by atoms with Crippen LogP contribution in [0.15, 0.2) is 6.07 Å². The van der Waals surface area contributed by atoms with Gasteiger partial charge < -0.3 is 4.90 Å². The lowest BCUT2D eigenvalue weighted by molar-refractivity contribution is -0.143. The van der Waals surface area contributed by atoms with E-state index in [0.29, 0.717) is 25.3 Å². The zero-order valence-corrected chi connectivity index (χ0v) is 12.7. The van der Waals surface area contributed by atoms with Gasteiger partial charge in [-0.25, -0.2) is 0 Å². The van der Waals surface area contributed by atoms with Crippen LogP contribution in [0, 0.1) is 11.3 Å². The number of nitrogens with zero attached hydrogens (tertiary/aromatic N) is 5. The van der Waals surface area contributed by atoms with Crippen LogP contribution in [0.2, 0.25) is 0 Å². The quantitative estimate of drug-likeness (QED) is 0.813. The van der Waals surface area contributed by atoms with E-state index in [0.717, 1.165) is 18.8 Å². The van der Waals surface area contributed by atoms with E-state index >= 15 is 0 Å². The minimum absolute atomic E-state index is 0.176. The molecule has 0 N–H and O–H groups in total. The van der Waals surface area contributed by atoms with E-state index in [1.165, 1.54) is 12.8 Å². The van der Waals surface area contributed by atoms with Crippen LogP contribution in [-0.4, -0.2) is 50.7 Å². The van der Waals surface area contributed by atoms with E-state index in [4.69, 9.17) is 5.26 Å². The van der Waals surface area contributed by atoms with E-state index < -0.39 is 5.54 Å². The molecule has 1 fully saturated rings. The van der Waals surface area contributed by atoms with Crippen LogP contribution >= 0.6 is 0 Å². The van der Waals surface area contributed by atoms with Crippen LogP contribution in [0.3, 0.4) is 0 Å². The highest BCUT2D eigenvalue weighted by Crippen LogP contribution is 2.25. The Morgan fingerprint density at radius 3 is 2.67 bits per heavy atom. The van der Waals surface area contributed by atoms with Crippen molar-refractivity contribution in [2.24, 2.45) is 0 Å². The summed E-state index contributed by atoms with van der Waals surface area (Å²) in [5, 5.41) is 13.1. The van der Waals surface area contributed by atoms with E-state index in [2.05, 4.69) is 16.1 Å². The molecule has 0 radical (unpaired) electrons. The molecule has 112 valence electrons. The molecule has 0 bridgehead atoms. The first-order valence-electron chi connectivity index (χ1n) is 7.53. The largest absolute Gasteiger partial charge is 0.333 e. The Labute approximate surface area is 124 Å². The van der Waals surface area contributed by atoms with Gasteiger partial charge in [0.15, 0.2) is 5.69 Å². The van der Waals surface area contributed by atoms with Crippen molar-refractivity contribution < 1.29 is 4.79 Å². The monoisotopic (exact) mass is 287 g/mol. The van der Waals surface area contributed by atoms with E-state index in [9.17, 15) is 4.79 Å². The molecule has 0 atom stereocenters. The van der Waals surface area contributed by atoms with E-state index in [1.807, 2.05) is 23.4 Å². The Morgan fingerprint density at radius 2 is 2.00 bits per heavy atom. The first-order chi connectivity index (χ1) is 10.0. The molecule has 0 unspecified atom stereocenters. The summed E-state index contributed by atoms with van der Waals surface area (Å²) in [5.74, 6) is 0.176. The molecule has 21 heavy (non-hydrogen) atoms. The van der Waals surface area contributed by atoms with Gasteiger partial charge in [0.05, 0.1) is 24.3 Å². The van der Waals surface area contributed by atoms with Crippen molar-refractivity contribution >= 4 is 5.91 Å². The Bertz CT molecular complexity index is 592. The molecule has 3 rings (SSSR count). The lowest BCUT2D eigenvalue weighted by atomic mass is 10.0. The van der Waals surface area contributed by atoms with Crippen LogP contribution in [-0.2, 0) is 17.9 Å². The van der Waals surface area contributed by atoms with Gasteiger partial charge in [0.25, 0.3) is 0 Å². The van der Waals surface area contributed by atoms with Gasteiger partial charge in [-0.05, 0) is 45.8 Å². The molecule has 2 aliphatic rings. The first kappa shape index (κ1) is 14.1. The van der Waals surface area contributed by atoms with Crippen molar-refractivity contribution in [3.8, 4) is 6.07 Å². The lowest BCUT2D eigenvalue weighted by Crippen LogP contribution is -2.56. The second-order valence-electron chi connectivity index (χ2n) is 6.34. The lowest BCUT2D eigenvalue weighted by Gasteiger charge is -2.39. The van der Waals surface area contributed by atoms with Crippen LogP contribution in [0.5, 0.6) is 0 Å². The number of hydrogen-bond acceptors (Lipinski definition) is 4. The summed E-state index contributed by atoms with van der Waals surface area (Å²) in [4.78, 5) is 17.1. The molecule has 0 aliphatic carbocycles. The second-order valence-corrected chi connectivity index (χ2v) is 6.34. The number of likely N-dealkylation sites (tertiary alicyclic amines) is 1. The molecule has 1 aromatic rings. The summed E-state index contributed by atoms with van der Waals surface area (Å²) in [6.07, 6.45) is 2.35. The maximum atomic E-state index is 12.9. The number of hydrogen-bond donors (Lipinski definition) is 0. The van der Waals surface area contributed by atoms with Crippen molar-refractivity contribution in [3.63, 3.8) is 0 Å². The third-order valence-corrected chi connectivity index (χ3v) is 4.62. The predicted molar refractivity (Wildman–Crippen MR) is 77.2 cm³/mol. The fraction of sp³-hybridized carbons (Fsp3) is 0.667. The van der Waals surface area contributed by atoms with Gasteiger partial charge in [-0.2, -0.15) is 10.4 Å². The second kappa shape index (κ2) is 5.15. The molecule has 1 amide bonds. The van der Waals surface area contributed by atoms with Crippen LogP contribution in [0.1, 0.15) is 38.1 Å². The third-order valence-electron chi connectivity index (χ3n) is 4.62. The molecule has 1 aromatic heterocycles. The highest BCUT2D eigenvalue weighted by atomic mass is 16.2. The molecule has 0 spiro atoms. The Balaban J connectivity index is 1.76. The van der Waals surface area contributed by atoms with Crippen molar-refractivity contribution in [3.05, 3.63) is 17.5 Å². The Kier molecular flexibility index (Phi) is 3.46. The highest BCUT2D eigenvalue weighted by Gasteiger charge is 2.39. The van der Waals surface area contributed by atoms with Gasteiger partial charge >= 0.3 is 0 Å². The molecular formula is C15H21N5O. The summed E-state index contributed by atoms with van der Waals surface area (Å²) in [6.45, 7) is 7.92. The fourth-order valence-electron chi connectivity index (χ4n) is 3.29. The maximum Gasteiger partial charge on any atom is 0.242 e. The van der Waals surface area contributed by atoms with Gasteiger partial charge in [-0.1, -0.05) is 0 Å². The van der Waals surface area contributed by atoms with Crippen LogP contribution in [0.25, 0.3) is 0 Å². The van der Waals surface area contributed by atoms with Crippen LogP contribution in [0.4, 0.5) is 0 Å². The number of carbonyl (C=O) groups excluding carboxylic acids is 1. The standard InChI is InChI=1S/C15H21N5O/c1-15(2,19-5-3-4-6-19)14(21)18-7-8-20-13(11-18)9-12(10-16)17-20/h9H,3-8,11H2,1-2H3. The number of nitriles is 1. The summed E-state index contributed by atoms with van der Waals surface area (Å²) in [5.41, 5.74) is 0.929. The van der Waals surface area contributed by atoms with Gasteiger partial charge in [0.1, 0.15) is 6.07 Å². The number of carbonyl (C=O) groups is 1. The van der Waals surface area contributed by atoms with Gasteiger partial charge in [-0.3, -0.25) is 14.4 Å². The number of amides is 1. The zero-order chi connectivity index (χ0) is 15.0. The number of rotatable bonds is 2. The van der Waals surface area contributed by atoms with Crippen molar-refractivity contribution in [1.82, 2.24) is 19.6 Å². The molecule has 6 nitrogen and oxygen atoms in total. The third kappa shape index (κ3) is 2.42. The summed E-state index contributed by atoms with van der Waals surface area (Å²) in [7, 11) is 0. The maximum absolute atomic E-state index is 12.9. The summed E-state index contributed by atoms with van der Waals surface area (Å²) >= 11 is 0. The molecule has 6 heteroatoms. The fourth-order valence-corrected chi connectivity index (χ4v) is 3.29. The smallest absolute Gasteiger partial charge is 0.242 e. The van der Waals surface area contributed by atoms with Crippen LogP contribution < -0.4 is 0 Å². The summed E-state index contributed by atoms with van der Waals surface area (Å²) in [6, 6.07) is 3.84. The SMILES string of the molecule is CC(C)(C(=O)N1CCn2nc(C#N)cc2C1)N1CCCC1. The van der Waals surface area contributed by atoms with E-state index in [1.54, 1.807) is 6.07 Å². The zero-order valence-electron chi connectivity index (χ0n) is 12.7. The van der Waals surface area contributed by atoms with Crippen molar-refractivity contribution in [2.45, 2.75) is 45.3 Å². The summed E-state index contributed by atoms with van der Waals surface area (Å²) < 4.78 is 1.84. The van der Waals surface area contributed by atoms with Gasteiger partial charge in [0, 0.05) is 6.54 Å². The molecule has 0 aromatic carbocycles. The highest BCUT2D eigenvalue weighted by molar-refractivity contribution is 5.85. The number of aromatic nitrogens is 2. The average molecular weight is 287 g/mol. The van der Waals surface area contributed by atoms with Crippen molar-refractivity contribution in [1.29, 1.82) is 5.26 Å². The molecule has 2 aliphatic heterocycles.